The van der Waals surface area contributed by atoms with Gasteiger partial charge in [0.2, 0.25) is 5.91 Å². The fourth-order valence-corrected chi connectivity index (χ4v) is 4.15. The molecule has 0 saturated carbocycles. The van der Waals surface area contributed by atoms with E-state index in [9.17, 15) is 4.79 Å². The van der Waals surface area contributed by atoms with Crippen LogP contribution >= 0.6 is 0 Å². The van der Waals surface area contributed by atoms with Crippen LogP contribution in [0, 0.1) is 5.92 Å². The first-order valence-electron chi connectivity index (χ1n) is 10.7. The predicted molar refractivity (Wildman–Crippen MR) is 116 cm³/mol. The average molecular weight is 421 g/mol. The third kappa shape index (κ3) is 4.91. The lowest BCUT2D eigenvalue weighted by atomic mass is 9.93. The van der Waals surface area contributed by atoms with Crippen LogP contribution in [-0.4, -0.2) is 50.7 Å². The van der Waals surface area contributed by atoms with E-state index >= 15 is 0 Å². The molecule has 2 heterocycles. The minimum Gasteiger partial charge on any atom is -0.494 e. The number of hydrogen-bond acceptors (Lipinski definition) is 6. The minimum absolute atomic E-state index is 0.0717. The van der Waals surface area contributed by atoms with Crippen LogP contribution in [-0.2, 0) is 11.3 Å². The van der Waals surface area contributed by atoms with Gasteiger partial charge in [-0.3, -0.25) is 9.69 Å². The van der Waals surface area contributed by atoms with Crippen molar-refractivity contribution in [2.45, 2.75) is 32.4 Å². The number of ether oxygens (including phenoxy) is 1. The molecule has 0 bridgehead atoms. The molecule has 31 heavy (non-hydrogen) atoms. The molecule has 1 amide bonds. The van der Waals surface area contributed by atoms with E-state index in [-0.39, 0.29) is 17.9 Å². The second-order valence-corrected chi connectivity index (χ2v) is 7.80. The second kappa shape index (κ2) is 9.70. The Labute approximate surface area is 182 Å². The molecule has 0 unspecified atom stereocenters. The Balaban J connectivity index is 1.65. The maximum Gasteiger partial charge on any atom is 0.220 e. The average Bonchev–Trinajstić information content (AvgIpc) is 3.24. The fraction of sp³-hybridized carbons (Fsp3) is 0.391. The molecule has 1 atom stereocenters. The van der Waals surface area contributed by atoms with Crippen LogP contribution in [0.2, 0.25) is 0 Å². The topological polar surface area (TPSA) is 99.2 Å². The quantitative estimate of drug-likeness (QED) is 0.601. The van der Waals surface area contributed by atoms with Crippen molar-refractivity contribution in [1.29, 1.82) is 0 Å². The van der Waals surface area contributed by atoms with E-state index in [1.54, 1.807) is 0 Å². The van der Waals surface area contributed by atoms with Crippen LogP contribution in [0.4, 0.5) is 0 Å². The smallest absolute Gasteiger partial charge is 0.220 e. The van der Waals surface area contributed by atoms with Gasteiger partial charge in [0, 0.05) is 5.92 Å². The number of carbonyl (C=O) groups excluding carboxylic acids is 1. The summed E-state index contributed by atoms with van der Waals surface area (Å²) in [6.07, 6.45) is 1.48. The van der Waals surface area contributed by atoms with Crippen LogP contribution in [0.3, 0.4) is 0 Å². The lowest BCUT2D eigenvalue weighted by Gasteiger charge is -2.36. The van der Waals surface area contributed by atoms with Crippen molar-refractivity contribution in [3.8, 4) is 5.75 Å². The molecule has 2 N–H and O–H groups in total. The standard InChI is InChI=1S/C23H28N6O2/c1-2-31-20-10-8-18(9-11-20)21(28-14-12-19(13-15-28)22(24)30)23-25-26-27-29(23)16-17-6-4-3-5-7-17/h3-11,19,21H,2,12-16H2,1H3,(H2,24,30)/t21-/m0/s1. The van der Waals surface area contributed by atoms with Gasteiger partial charge in [-0.05, 0) is 66.5 Å². The maximum absolute atomic E-state index is 11.6. The molecule has 1 aromatic heterocycles. The van der Waals surface area contributed by atoms with Gasteiger partial charge in [0.1, 0.15) is 5.75 Å². The lowest BCUT2D eigenvalue weighted by molar-refractivity contribution is -0.123. The minimum atomic E-state index is -0.217. The first-order valence-corrected chi connectivity index (χ1v) is 10.7. The molecule has 162 valence electrons. The van der Waals surface area contributed by atoms with Gasteiger partial charge in [-0.15, -0.1) is 5.10 Å². The van der Waals surface area contributed by atoms with Gasteiger partial charge in [-0.25, -0.2) is 4.68 Å². The molecular formula is C23H28N6O2. The molecule has 0 aliphatic carbocycles. The van der Waals surface area contributed by atoms with Crippen molar-refractivity contribution in [1.82, 2.24) is 25.1 Å². The first-order chi connectivity index (χ1) is 15.2. The van der Waals surface area contributed by atoms with Crippen LogP contribution in [0.5, 0.6) is 5.75 Å². The van der Waals surface area contributed by atoms with Crippen molar-refractivity contribution < 1.29 is 9.53 Å². The molecule has 8 heteroatoms. The van der Waals surface area contributed by atoms with Crippen molar-refractivity contribution in [3.63, 3.8) is 0 Å². The van der Waals surface area contributed by atoms with Crippen molar-refractivity contribution in [2.75, 3.05) is 19.7 Å². The predicted octanol–water partition coefficient (Wildman–Crippen LogP) is 2.41. The van der Waals surface area contributed by atoms with Gasteiger partial charge < -0.3 is 10.5 Å². The van der Waals surface area contributed by atoms with Crippen LogP contribution in [0.1, 0.15) is 42.8 Å². The SMILES string of the molecule is CCOc1ccc([C@@H](c2nnnn2Cc2ccccc2)N2CCC(C(N)=O)CC2)cc1. The Morgan fingerprint density at radius 1 is 1.13 bits per heavy atom. The van der Waals surface area contributed by atoms with Gasteiger partial charge in [0.05, 0.1) is 19.2 Å². The van der Waals surface area contributed by atoms with E-state index in [1.165, 1.54) is 0 Å². The molecule has 3 aromatic rings. The number of benzene rings is 2. The second-order valence-electron chi connectivity index (χ2n) is 7.80. The summed E-state index contributed by atoms with van der Waals surface area (Å²) in [5.74, 6) is 1.33. The van der Waals surface area contributed by atoms with Gasteiger partial charge in [0.25, 0.3) is 0 Å². The summed E-state index contributed by atoms with van der Waals surface area (Å²) in [7, 11) is 0. The summed E-state index contributed by atoms with van der Waals surface area (Å²) < 4.78 is 7.47. The highest BCUT2D eigenvalue weighted by atomic mass is 16.5. The number of nitrogens with zero attached hydrogens (tertiary/aromatic N) is 5. The number of amides is 1. The molecule has 1 aliphatic heterocycles. The van der Waals surface area contributed by atoms with Crippen molar-refractivity contribution in [2.24, 2.45) is 11.7 Å². The Morgan fingerprint density at radius 3 is 2.48 bits per heavy atom. The largest absolute Gasteiger partial charge is 0.494 e. The number of primary amides is 1. The number of aromatic nitrogens is 4. The zero-order valence-corrected chi connectivity index (χ0v) is 17.7. The summed E-state index contributed by atoms with van der Waals surface area (Å²) in [4.78, 5) is 14.0. The van der Waals surface area contributed by atoms with Gasteiger partial charge in [-0.1, -0.05) is 42.5 Å². The third-order valence-electron chi connectivity index (χ3n) is 5.78. The number of nitrogens with two attached hydrogens (primary N) is 1. The highest BCUT2D eigenvalue weighted by molar-refractivity contribution is 5.76. The van der Waals surface area contributed by atoms with E-state index in [0.717, 1.165) is 48.6 Å². The molecule has 0 radical (unpaired) electrons. The van der Waals surface area contributed by atoms with Gasteiger partial charge in [-0.2, -0.15) is 0 Å². The number of piperidine rings is 1. The number of carbonyl (C=O) groups is 1. The Bertz CT molecular complexity index is 981. The van der Waals surface area contributed by atoms with E-state index in [4.69, 9.17) is 10.5 Å². The molecule has 1 aliphatic rings. The van der Waals surface area contributed by atoms with E-state index in [1.807, 2.05) is 41.9 Å². The Morgan fingerprint density at radius 2 is 1.84 bits per heavy atom. The van der Waals surface area contributed by atoms with Crippen molar-refractivity contribution in [3.05, 3.63) is 71.5 Å². The number of rotatable bonds is 8. The molecule has 2 aromatic carbocycles. The summed E-state index contributed by atoms with van der Waals surface area (Å²) in [5, 5.41) is 12.7. The normalized spacial score (nSPS) is 16.2. The highest BCUT2D eigenvalue weighted by Crippen LogP contribution is 2.32. The van der Waals surface area contributed by atoms with Crippen LogP contribution in [0.25, 0.3) is 0 Å². The zero-order chi connectivity index (χ0) is 21.6. The summed E-state index contributed by atoms with van der Waals surface area (Å²) >= 11 is 0. The number of hydrogen-bond donors (Lipinski definition) is 1. The van der Waals surface area contributed by atoms with Gasteiger partial charge in [0.15, 0.2) is 5.82 Å². The highest BCUT2D eigenvalue weighted by Gasteiger charge is 2.32. The van der Waals surface area contributed by atoms with Crippen LogP contribution in [0.15, 0.2) is 54.6 Å². The Hall–Kier alpha value is -3.26. The lowest BCUT2D eigenvalue weighted by Crippen LogP contribution is -2.41. The van der Waals surface area contributed by atoms with E-state index in [0.29, 0.717) is 13.2 Å². The molecule has 1 saturated heterocycles. The first kappa shape index (κ1) is 21.0. The molecule has 8 nitrogen and oxygen atoms in total. The van der Waals surface area contributed by atoms with E-state index < -0.39 is 0 Å². The summed E-state index contributed by atoms with van der Waals surface area (Å²) in [5.41, 5.74) is 7.76. The molecule has 4 rings (SSSR count). The number of likely N-dealkylation sites (tertiary alicyclic amines) is 1. The summed E-state index contributed by atoms with van der Waals surface area (Å²) in [6.45, 7) is 4.69. The zero-order valence-electron chi connectivity index (χ0n) is 17.7. The van der Waals surface area contributed by atoms with Crippen LogP contribution < -0.4 is 10.5 Å². The molecular weight excluding hydrogens is 392 g/mol. The summed E-state index contributed by atoms with van der Waals surface area (Å²) in [6, 6.07) is 18.1. The van der Waals surface area contributed by atoms with Gasteiger partial charge >= 0.3 is 0 Å². The molecule has 1 fully saturated rings. The van der Waals surface area contributed by atoms with Crippen molar-refractivity contribution >= 4 is 5.91 Å². The molecule has 0 spiro atoms. The third-order valence-corrected chi connectivity index (χ3v) is 5.78. The Kier molecular flexibility index (Phi) is 6.57. The fourth-order valence-electron chi connectivity index (χ4n) is 4.15. The van der Waals surface area contributed by atoms with E-state index in [2.05, 4.69) is 44.7 Å². The number of tetrazole rings is 1. The monoisotopic (exact) mass is 420 g/mol. The maximum atomic E-state index is 11.6.